The van der Waals surface area contributed by atoms with Crippen molar-refractivity contribution in [2.24, 2.45) is 5.73 Å². The zero-order chi connectivity index (χ0) is 14.0. The van der Waals surface area contributed by atoms with E-state index in [2.05, 4.69) is 24.1 Å². The maximum absolute atomic E-state index is 13.2. The molecule has 3 N–H and O–H groups in total. The van der Waals surface area contributed by atoms with Crippen LogP contribution in [0.3, 0.4) is 0 Å². The normalized spacial score (nSPS) is 10.7. The highest BCUT2D eigenvalue weighted by Gasteiger charge is 2.10. The van der Waals surface area contributed by atoms with Gasteiger partial charge in [0.1, 0.15) is 10.8 Å². The molecule has 0 saturated heterocycles. The van der Waals surface area contributed by atoms with Gasteiger partial charge in [-0.2, -0.15) is 0 Å². The molecule has 1 heterocycles. The van der Waals surface area contributed by atoms with Crippen LogP contribution in [-0.2, 0) is 0 Å². The minimum atomic E-state index is -0.365. The monoisotopic (exact) mass is 295 g/mol. The Morgan fingerprint density at radius 3 is 2.79 bits per heavy atom. The molecule has 0 aliphatic carbocycles. The molecule has 0 spiro atoms. The lowest BCUT2D eigenvalue weighted by atomic mass is 10.1. The third kappa shape index (κ3) is 3.27. The molecule has 0 aliphatic heterocycles. The quantitative estimate of drug-likeness (QED) is 0.843. The van der Waals surface area contributed by atoms with Crippen molar-refractivity contribution in [3.05, 3.63) is 40.7 Å². The lowest BCUT2D eigenvalue weighted by molar-refractivity contribution is 0.628. The first-order chi connectivity index (χ1) is 8.97. The Morgan fingerprint density at radius 1 is 1.47 bits per heavy atom. The number of aromatic nitrogens is 1. The van der Waals surface area contributed by atoms with Crippen molar-refractivity contribution in [2.45, 2.75) is 19.8 Å². The fraction of sp³-hybridized carbons (Fsp3) is 0.231. The van der Waals surface area contributed by atoms with E-state index in [1.54, 1.807) is 6.07 Å². The van der Waals surface area contributed by atoms with Gasteiger partial charge in [0.05, 0.1) is 11.4 Å². The fourth-order valence-electron chi connectivity index (χ4n) is 1.55. The number of nitrogens with zero attached hydrogens (tertiary/aromatic N) is 1. The second-order valence-corrected chi connectivity index (χ2v) is 5.71. The van der Waals surface area contributed by atoms with Crippen LogP contribution in [0, 0.1) is 5.82 Å². The Bertz CT molecular complexity index is 608. The predicted molar refractivity (Wildman–Crippen MR) is 81.8 cm³/mol. The van der Waals surface area contributed by atoms with Crippen molar-refractivity contribution in [1.82, 2.24) is 4.98 Å². The topological polar surface area (TPSA) is 50.9 Å². The van der Waals surface area contributed by atoms with Crippen LogP contribution in [0.15, 0.2) is 23.6 Å². The van der Waals surface area contributed by atoms with E-state index in [0.29, 0.717) is 17.2 Å². The molecule has 19 heavy (non-hydrogen) atoms. The molecule has 2 aromatic rings. The number of halogens is 1. The molecule has 2 rings (SSSR count). The van der Waals surface area contributed by atoms with Gasteiger partial charge in [0, 0.05) is 10.9 Å². The van der Waals surface area contributed by atoms with Crippen LogP contribution in [-0.4, -0.2) is 9.97 Å². The molecule has 100 valence electrons. The third-order valence-electron chi connectivity index (χ3n) is 2.60. The predicted octanol–water partition coefficient (Wildman–Crippen LogP) is 3.78. The summed E-state index contributed by atoms with van der Waals surface area (Å²) in [5.41, 5.74) is 7.77. The standard InChI is InChI=1S/C13H14FN3S2/c1-7(2)11-6-19-13(17-11)16-10-4-3-8(14)5-9(10)12(15)18/h3-7H,1-2H3,(H2,15,18)(H,16,17). The molecule has 0 fully saturated rings. The van der Waals surface area contributed by atoms with Crippen molar-refractivity contribution in [3.63, 3.8) is 0 Å². The van der Waals surface area contributed by atoms with Crippen molar-refractivity contribution >= 4 is 39.4 Å². The summed E-state index contributed by atoms with van der Waals surface area (Å²) in [6, 6.07) is 4.29. The number of hydrogen-bond donors (Lipinski definition) is 2. The number of thiocarbonyl (C=S) groups is 1. The second-order valence-electron chi connectivity index (χ2n) is 4.41. The lowest BCUT2D eigenvalue weighted by Gasteiger charge is -2.09. The van der Waals surface area contributed by atoms with Gasteiger partial charge in [0.15, 0.2) is 5.13 Å². The lowest BCUT2D eigenvalue weighted by Crippen LogP contribution is -2.12. The third-order valence-corrected chi connectivity index (χ3v) is 3.60. The molecule has 0 amide bonds. The van der Waals surface area contributed by atoms with E-state index in [0.717, 1.165) is 10.8 Å². The first-order valence-corrected chi connectivity index (χ1v) is 7.08. The minimum absolute atomic E-state index is 0.155. The summed E-state index contributed by atoms with van der Waals surface area (Å²) in [4.78, 5) is 4.61. The molecule has 1 aromatic heterocycles. The first kappa shape index (κ1) is 13.9. The van der Waals surface area contributed by atoms with E-state index >= 15 is 0 Å². The molecule has 0 bridgehead atoms. The number of anilines is 2. The highest BCUT2D eigenvalue weighted by Crippen LogP contribution is 2.26. The van der Waals surface area contributed by atoms with E-state index in [4.69, 9.17) is 18.0 Å². The SMILES string of the molecule is CC(C)c1csc(Nc2ccc(F)cc2C(N)=S)n1. The number of nitrogens with one attached hydrogen (secondary N) is 1. The number of hydrogen-bond acceptors (Lipinski definition) is 4. The Hall–Kier alpha value is -1.53. The van der Waals surface area contributed by atoms with Gasteiger partial charge in [0.25, 0.3) is 0 Å². The number of thiazole rings is 1. The van der Waals surface area contributed by atoms with Crippen molar-refractivity contribution in [2.75, 3.05) is 5.32 Å². The average Bonchev–Trinajstić information content (AvgIpc) is 2.80. The highest BCUT2D eigenvalue weighted by atomic mass is 32.1. The molecule has 0 aliphatic rings. The molecule has 0 saturated carbocycles. The van der Waals surface area contributed by atoms with Crippen LogP contribution in [0.2, 0.25) is 0 Å². The largest absolute Gasteiger partial charge is 0.389 e. The highest BCUT2D eigenvalue weighted by molar-refractivity contribution is 7.80. The van der Waals surface area contributed by atoms with Gasteiger partial charge in [-0.1, -0.05) is 26.1 Å². The zero-order valence-electron chi connectivity index (χ0n) is 10.6. The second kappa shape index (κ2) is 5.63. The maximum atomic E-state index is 13.2. The van der Waals surface area contributed by atoms with Gasteiger partial charge < -0.3 is 11.1 Å². The van der Waals surface area contributed by atoms with Crippen molar-refractivity contribution in [1.29, 1.82) is 0 Å². The van der Waals surface area contributed by atoms with Crippen LogP contribution in [0.25, 0.3) is 0 Å². The summed E-state index contributed by atoms with van der Waals surface area (Å²) in [6.45, 7) is 4.16. The molecule has 3 nitrogen and oxygen atoms in total. The van der Waals surface area contributed by atoms with Crippen LogP contribution in [0.5, 0.6) is 0 Å². The Morgan fingerprint density at radius 2 is 2.21 bits per heavy atom. The van der Waals surface area contributed by atoms with E-state index in [1.165, 1.54) is 23.5 Å². The first-order valence-electron chi connectivity index (χ1n) is 5.79. The number of rotatable bonds is 4. The Kier molecular flexibility index (Phi) is 4.11. The van der Waals surface area contributed by atoms with Crippen molar-refractivity contribution < 1.29 is 4.39 Å². The minimum Gasteiger partial charge on any atom is -0.389 e. The van der Waals surface area contributed by atoms with Crippen molar-refractivity contribution in [3.8, 4) is 0 Å². The molecule has 0 unspecified atom stereocenters. The van der Waals surface area contributed by atoms with E-state index in [9.17, 15) is 4.39 Å². The smallest absolute Gasteiger partial charge is 0.187 e. The molecule has 0 radical (unpaired) electrons. The maximum Gasteiger partial charge on any atom is 0.187 e. The molecular weight excluding hydrogens is 281 g/mol. The molecule has 0 atom stereocenters. The fourth-order valence-corrected chi connectivity index (χ4v) is 2.61. The Balaban J connectivity index is 2.29. The van der Waals surface area contributed by atoms with Gasteiger partial charge in [0.2, 0.25) is 0 Å². The van der Waals surface area contributed by atoms with E-state index < -0.39 is 0 Å². The summed E-state index contributed by atoms with van der Waals surface area (Å²) in [5, 5.41) is 5.87. The summed E-state index contributed by atoms with van der Waals surface area (Å²) in [7, 11) is 0. The van der Waals surface area contributed by atoms with E-state index in [1.807, 2.05) is 5.38 Å². The van der Waals surface area contributed by atoms with Gasteiger partial charge >= 0.3 is 0 Å². The number of nitrogens with two attached hydrogens (primary N) is 1. The number of benzene rings is 1. The summed E-state index contributed by atoms with van der Waals surface area (Å²) in [6.07, 6.45) is 0. The van der Waals surface area contributed by atoms with Gasteiger partial charge in [-0.05, 0) is 24.1 Å². The molecule has 1 aromatic carbocycles. The van der Waals surface area contributed by atoms with Crippen LogP contribution >= 0.6 is 23.6 Å². The van der Waals surface area contributed by atoms with E-state index in [-0.39, 0.29) is 10.8 Å². The zero-order valence-corrected chi connectivity index (χ0v) is 12.2. The Labute approximate surface area is 120 Å². The molecular formula is C13H14FN3S2. The van der Waals surface area contributed by atoms with Crippen LogP contribution < -0.4 is 11.1 Å². The van der Waals surface area contributed by atoms with Crippen LogP contribution in [0.1, 0.15) is 31.0 Å². The summed E-state index contributed by atoms with van der Waals surface area (Å²) < 4.78 is 13.2. The average molecular weight is 295 g/mol. The molecule has 6 heteroatoms. The van der Waals surface area contributed by atoms with Gasteiger partial charge in [-0.15, -0.1) is 11.3 Å². The van der Waals surface area contributed by atoms with Gasteiger partial charge in [-0.3, -0.25) is 0 Å². The van der Waals surface area contributed by atoms with Crippen LogP contribution in [0.4, 0.5) is 15.2 Å². The summed E-state index contributed by atoms with van der Waals surface area (Å²) >= 11 is 6.42. The van der Waals surface area contributed by atoms with Gasteiger partial charge in [-0.25, -0.2) is 9.37 Å². The summed E-state index contributed by atoms with van der Waals surface area (Å²) in [5.74, 6) is 0.00503.